The van der Waals surface area contributed by atoms with Gasteiger partial charge in [-0.05, 0) is 6.42 Å². The van der Waals surface area contributed by atoms with Gasteiger partial charge in [0.05, 0.1) is 18.4 Å². The summed E-state index contributed by atoms with van der Waals surface area (Å²) in [6.45, 7) is 0.344. The number of alkyl halides is 3. The fourth-order valence-corrected chi connectivity index (χ4v) is 2.05. The van der Waals surface area contributed by atoms with E-state index in [2.05, 4.69) is 5.10 Å². The number of nitrogens with two attached hydrogens (primary N) is 1. The highest BCUT2D eigenvalue weighted by molar-refractivity contribution is 5.92. The highest BCUT2D eigenvalue weighted by Gasteiger charge is 2.47. The molecular formula is C10H12F3N3O2. The second-order valence-corrected chi connectivity index (χ2v) is 4.18. The van der Waals surface area contributed by atoms with E-state index in [4.69, 9.17) is 10.5 Å². The number of nitrogens with zero attached hydrogens (tertiary/aromatic N) is 2. The van der Waals surface area contributed by atoms with Gasteiger partial charge in [0.2, 0.25) is 0 Å². The van der Waals surface area contributed by atoms with Crippen LogP contribution in [-0.4, -0.2) is 35.1 Å². The third-order valence-corrected chi connectivity index (χ3v) is 2.92. The van der Waals surface area contributed by atoms with Crippen LogP contribution in [0.1, 0.15) is 22.8 Å². The minimum absolute atomic E-state index is 0.0376. The van der Waals surface area contributed by atoms with Gasteiger partial charge in [-0.1, -0.05) is 0 Å². The molecule has 1 aromatic rings. The van der Waals surface area contributed by atoms with Crippen LogP contribution in [0.25, 0.3) is 0 Å². The minimum atomic E-state index is -4.45. The van der Waals surface area contributed by atoms with Crippen molar-refractivity contribution in [2.45, 2.75) is 18.6 Å². The van der Waals surface area contributed by atoms with Crippen molar-refractivity contribution in [3.05, 3.63) is 18.0 Å². The van der Waals surface area contributed by atoms with Gasteiger partial charge in [0.1, 0.15) is 0 Å². The molecule has 8 heteroatoms. The normalized spacial score (nSPS) is 22.1. The van der Waals surface area contributed by atoms with E-state index in [0.29, 0.717) is 13.0 Å². The molecule has 1 saturated heterocycles. The predicted octanol–water partition coefficient (Wildman–Crippen LogP) is 1.12. The third-order valence-electron chi connectivity index (χ3n) is 2.92. The van der Waals surface area contributed by atoms with Gasteiger partial charge in [0, 0.05) is 18.7 Å². The number of halogens is 3. The summed E-state index contributed by atoms with van der Waals surface area (Å²) in [5, 5.41) is 3.59. The predicted molar refractivity (Wildman–Crippen MR) is 54.8 cm³/mol. The highest BCUT2D eigenvalue weighted by Crippen LogP contribution is 2.39. The van der Waals surface area contributed by atoms with E-state index in [-0.39, 0.29) is 12.2 Å². The molecule has 1 fully saturated rings. The topological polar surface area (TPSA) is 70.1 Å². The van der Waals surface area contributed by atoms with Crippen LogP contribution in [-0.2, 0) is 4.74 Å². The summed E-state index contributed by atoms with van der Waals surface area (Å²) in [6.07, 6.45) is -2.06. The number of aromatic nitrogens is 2. The van der Waals surface area contributed by atoms with Crippen molar-refractivity contribution in [2.24, 2.45) is 11.7 Å². The Hall–Kier alpha value is -1.57. The van der Waals surface area contributed by atoms with Gasteiger partial charge in [0.25, 0.3) is 5.91 Å². The molecule has 2 rings (SSSR count). The standard InChI is InChI=1S/C10H12F3N3O2/c11-10(12,13)8(6-1-2-18-5-6)16-4-7(3-15-16)9(14)17/h3-4,6,8H,1-2,5H2,(H2,14,17). The second-order valence-electron chi connectivity index (χ2n) is 4.18. The summed E-state index contributed by atoms with van der Waals surface area (Å²) >= 11 is 0. The van der Waals surface area contributed by atoms with Gasteiger partial charge in [-0.25, -0.2) is 0 Å². The number of rotatable bonds is 3. The summed E-state index contributed by atoms with van der Waals surface area (Å²) in [7, 11) is 0. The average molecular weight is 263 g/mol. The van der Waals surface area contributed by atoms with E-state index >= 15 is 0 Å². The van der Waals surface area contributed by atoms with Crippen LogP contribution in [0.5, 0.6) is 0 Å². The molecule has 0 bridgehead atoms. The molecule has 5 nitrogen and oxygen atoms in total. The maximum absolute atomic E-state index is 13.0. The Bertz CT molecular complexity index is 438. The molecule has 0 aliphatic carbocycles. The van der Waals surface area contributed by atoms with Crippen molar-refractivity contribution in [2.75, 3.05) is 13.2 Å². The van der Waals surface area contributed by atoms with Crippen LogP contribution in [0.3, 0.4) is 0 Å². The SMILES string of the molecule is NC(=O)c1cnn(C(C2CCOC2)C(F)(F)F)c1. The summed E-state index contributed by atoms with van der Waals surface area (Å²) in [6, 6.07) is -1.78. The van der Waals surface area contributed by atoms with Crippen molar-refractivity contribution >= 4 is 5.91 Å². The Balaban J connectivity index is 2.30. The Morgan fingerprint density at radius 3 is 2.78 bits per heavy atom. The number of hydrogen-bond acceptors (Lipinski definition) is 3. The maximum Gasteiger partial charge on any atom is 0.411 e. The molecule has 1 aliphatic rings. The monoisotopic (exact) mass is 263 g/mol. The van der Waals surface area contributed by atoms with Crippen LogP contribution < -0.4 is 5.73 Å². The molecule has 18 heavy (non-hydrogen) atoms. The molecule has 1 aliphatic heterocycles. The number of carbonyl (C=O) groups excluding carboxylic acids is 1. The first-order chi connectivity index (χ1) is 8.39. The number of primary amides is 1. The molecule has 0 radical (unpaired) electrons. The van der Waals surface area contributed by atoms with Crippen molar-refractivity contribution in [1.82, 2.24) is 9.78 Å². The summed E-state index contributed by atoms with van der Waals surface area (Å²) in [5.41, 5.74) is 4.95. The van der Waals surface area contributed by atoms with Crippen LogP contribution in [0.2, 0.25) is 0 Å². The minimum Gasteiger partial charge on any atom is -0.381 e. The fraction of sp³-hybridized carbons (Fsp3) is 0.600. The lowest BCUT2D eigenvalue weighted by Gasteiger charge is -2.25. The lowest BCUT2D eigenvalue weighted by Crippen LogP contribution is -2.34. The second kappa shape index (κ2) is 4.60. The smallest absolute Gasteiger partial charge is 0.381 e. The third kappa shape index (κ3) is 2.47. The van der Waals surface area contributed by atoms with Crippen LogP contribution in [0, 0.1) is 5.92 Å². The van der Waals surface area contributed by atoms with Crippen molar-refractivity contribution in [3.63, 3.8) is 0 Å². The molecule has 0 aromatic carbocycles. The Labute approximate surface area is 101 Å². The number of ether oxygens (including phenoxy) is 1. The molecule has 0 spiro atoms. The van der Waals surface area contributed by atoms with E-state index in [1.165, 1.54) is 0 Å². The molecule has 1 aromatic heterocycles. The van der Waals surface area contributed by atoms with Crippen molar-refractivity contribution in [3.8, 4) is 0 Å². The number of carbonyl (C=O) groups is 1. The molecule has 100 valence electrons. The fourth-order valence-electron chi connectivity index (χ4n) is 2.05. The van der Waals surface area contributed by atoms with E-state index < -0.39 is 24.0 Å². The lowest BCUT2D eigenvalue weighted by atomic mass is 9.99. The first-order valence-corrected chi connectivity index (χ1v) is 5.38. The molecule has 2 atom stereocenters. The van der Waals surface area contributed by atoms with Crippen LogP contribution in [0.15, 0.2) is 12.4 Å². The van der Waals surface area contributed by atoms with Gasteiger partial charge in [-0.15, -0.1) is 0 Å². The van der Waals surface area contributed by atoms with Gasteiger partial charge < -0.3 is 10.5 Å². The Morgan fingerprint density at radius 2 is 2.33 bits per heavy atom. The molecular weight excluding hydrogens is 251 g/mol. The number of hydrogen-bond donors (Lipinski definition) is 1. The summed E-state index contributed by atoms with van der Waals surface area (Å²) in [4.78, 5) is 10.9. The van der Waals surface area contributed by atoms with E-state index in [9.17, 15) is 18.0 Å². The average Bonchev–Trinajstić information content (AvgIpc) is 2.86. The molecule has 2 heterocycles. The van der Waals surface area contributed by atoms with Crippen molar-refractivity contribution < 1.29 is 22.7 Å². The first kappa shape index (κ1) is 12.9. The maximum atomic E-state index is 13.0. The number of amides is 1. The van der Waals surface area contributed by atoms with E-state index in [1.54, 1.807) is 0 Å². The van der Waals surface area contributed by atoms with E-state index in [0.717, 1.165) is 17.1 Å². The van der Waals surface area contributed by atoms with Crippen LogP contribution >= 0.6 is 0 Å². The Kier molecular flexibility index (Phi) is 3.29. The Morgan fingerprint density at radius 1 is 1.61 bits per heavy atom. The van der Waals surface area contributed by atoms with Gasteiger partial charge in [0.15, 0.2) is 6.04 Å². The summed E-state index contributed by atoms with van der Waals surface area (Å²) in [5.74, 6) is -1.49. The summed E-state index contributed by atoms with van der Waals surface area (Å²) < 4.78 is 44.8. The zero-order valence-corrected chi connectivity index (χ0v) is 9.35. The van der Waals surface area contributed by atoms with E-state index in [1.807, 2.05) is 0 Å². The van der Waals surface area contributed by atoms with Crippen LogP contribution in [0.4, 0.5) is 13.2 Å². The van der Waals surface area contributed by atoms with Gasteiger partial charge in [-0.3, -0.25) is 9.48 Å². The zero-order valence-electron chi connectivity index (χ0n) is 9.35. The lowest BCUT2D eigenvalue weighted by molar-refractivity contribution is -0.183. The molecule has 0 saturated carbocycles. The van der Waals surface area contributed by atoms with Crippen molar-refractivity contribution in [1.29, 1.82) is 0 Å². The zero-order chi connectivity index (χ0) is 13.3. The first-order valence-electron chi connectivity index (χ1n) is 5.38. The molecule has 2 unspecified atom stereocenters. The highest BCUT2D eigenvalue weighted by atomic mass is 19.4. The van der Waals surface area contributed by atoms with Gasteiger partial charge in [-0.2, -0.15) is 18.3 Å². The molecule has 1 amide bonds. The largest absolute Gasteiger partial charge is 0.411 e. The quantitative estimate of drug-likeness (QED) is 0.888. The molecule has 2 N–H and O–H groups in total. The van der Waals surface area contributed by atoms with Gasteiger partial charge >= 0.3 is 6.18 Å².